The van der Waals surface area contributed by atoms with E-state index >= 15 is 0 Å². The molecule has 0 spiro atoms. The molecule has 1 atom stereocenters. The van der Waals surface area contributed by atoms with Crippen molar-refractivity contribution in [1.29, 1.82) is 0 Å². The van der Waals surface area contributed by atoms with Gasteiger partial charge in [-0.25, -0.2) is 9.78 Å². The summed E-state index contributed by atoms with van der Waals surface area (Å²) in [7, 11) is 1.29. The first-order valence-corrected chi connectivity index (χ1v) is 9.75. The lowest BCUT2D eigenvalue weighted by atomic mass is 10.1. The van der Waals surface area contributed by atoms with E-state index in [9.17, 15) is 23.1 Å². The first-order chi connectivity index (χ1) is 15.7. The molecule has 0 bridgehead atoms. The molecule has 3 aromatic rings. The summed E-state index contributed by atoms with van der Waals surface area (Å²) in [6, 6.07) is 13.0. The summed E-state index contributed by atoms with van der Waals surface area (Å²) in [6.07, 6.45) is -4.82. The number of alkyl halides is 3. The highest BCUT2D eigenvalue weighted by Crippen LogP contribution is 2.29. The highest BCUT2D eigenvalue weighted by atomic mass is 19.4. The van der Waals surface area contributed by atoms with Gasteiger partial charge < -0.3 is 25.2 Å². The summed E-state index contributed by atoms with van der Waals surface area (Å²) in [4.78, 5) is 20.3. The second-order valence-corrected chi connectivity index (χ2v) is 6.96. The number of aliphatic hydroxyl groups is 1. The van der Waals surface area contributed by atoms with Crippen LogP contribution in [-0.4, -0.2) is 47.2 Å². The lowest BCUT2D eigenvalue weighted by Gasteiger charge is -2.15. The van der Waals surface area contributed by atoms with Gasteiger partial charge in [-0.1, -0.05) is 12.1 Å². The Balaban J connectivity index is 1.94. The van der Waals surface area contributed by atoms with Gasteiger partial charge in [-0.3, -0.25) is 0 Å². The van der Waals surface area contributed by atoms with E-state index in [4.69, 9.17) is 0 Å². The topological polar surface area (TPSA) is 106 Å². The average molecular weight is 462 g/mol. The zero-order valence-electron chi connectivity index (χ0n) is 17.7. The molecule has 0 fully saturated rings. The molecular weight excluding hydrogens is 441 g/mol. The Bertz CT molecular complexity index is 1110. The van der Waals surface area contributed by atoms with Gasteiger partial charge in [0.1, 0.15) is 11.6 Å². The fraction of sp³-hybridized carbons (Fsp3) is 0.227. The van der Waals surface area contributed by atoms with Gasteiger partial charge in [-0.15, -0.1) is 13.2 Å². The molecule has 0 radical (unpaired) electrons. The molecule has 8 nitrogen and oxygen atoms in total. The molecule has 174 valence electrons. The molecule has 0 saturated carbocycles. The number of carbonyl (C=O) groups excluding carboxylic acids is 1. The summed E-state index contributed by atoms with van der Waals surface area (Å²) in [6.45, 7) is 1.53. The fourth-order valence-electron chi connectivity index (χ4n) is 2.80. The number of rotatable bonds is 8. The number of nitrogens with one attached hydrogen (secondary N) is 2. The second-order valence-electron chi connectivity index (χ2n) is 6.96. The number of hydrogen-bond acceptors (Lipinski definition) is 8. The zero-order chi connectivity index (χ0) is 24.0. The molecule has 3 rings (SSSR count). The molecule has 11 heteroatoms. The van der Waals surface area contributed by atoms with E-state index in [1.807, 2.05) is 0 Å². The van der Waals surface area contributed by atoms with Crippen molar-refractivity contribution < 1.29 is 32.5 Å². The molecule has 1 heterocycles. The summed E-state index contributed by atoms with van der Waals surface area (Å²) in [5.41, 5.74) is 1.65. The molecule has 0 saturated heterocycles. The van der Waals surface area contributed by atoms with Crippen molar-refractivity contribution >= 4 is 23.4 Å². The number of carbonyl (C=O) groups is 1. The van der Waals surface area contributed by atoms with Crippen LogP contribution in [0.4, 0.5) is 30.6 Å². The van der Waals surface area contributed by atoms with Gasteiger partial charge >= 0.3 is 12.3 Å². The second kappa shape index (κ2) is 10.2. The normalized spacial score (nSPS) is 12.1. The maximum atomic E-state index is 12.6. The third kappa shape index (κ3) is 6.81. The van der Waals surface area contributed by atoms with E-state index in [-0.39, 0.29) is 24.3 Å². The monoisotopic (exact) mass is 462 g/mol. The number of anilines is 3. The number of esters is 1. The maximum absolute atomic E-state index is 12.6. The minimum atomic E-state index is -4.82. The van der Waals surface area contributed by atoms with Crippen LogP contribution in [0.25, 0.3) is 11.3 Å². The van der Waals surface area contributed by atoms with Crippen molar-refractivity contribution in [3.8, 4) is 17.0 Å². The summed E-state index contributed by atoms with van der Waals surface area (Å²) < 4.78 is 46.5. The molecular formula is C22H21F3N4O4. The number of halogens is 3. The number of methoxy groups -OCH3 is 1. The van der Waals surface area contributed by atoms with Crippen molar-refractivity contribution in [2.75, 3.05) is 24.4 Å². The van der Waals surface area contributed by atoms with Crippen LogP contribution >= 0.6 is 0 Å². The van der Waals surface area contributed by atoms with Gasteiger partial charge in [-0.05, 0) is 43.3 Å². The highest BCUT2D eigenvalue weighted by molar-refractivity contribution is 5.89. The van der Waals surface area contributed by atoms with Crippen molar-refractivity contribution in [3.63, 3.8) is 0 Å². The van der Waals surface area contributed by atoms with E-state index in [0.717, 1.165) is 0 Å². The van der Waals surface area contributed by atoms with Crippen LogP contribution in [0.5, 0.6) is 5.75 Å². The largest absolute Gasteiger partial charge is 0.573 e. The van der Waals surface area contributed by atoms with Crippen molar-refractivity contribution in [2.45, 2.75) is 19.3 Å². The maximum Gasteiger partial charge on any atom is 0.573 e. The van der Waals surface area contributed by atoms with Crippen LogP contribution < -0.4 is 15.4 Å². The van der Waals surface area contributed by atoms with Crippen LogP contribution in [-0.2, 0) is 4.74 Å². The minimum absolute atomic E-state index is 0.157. The summed E-state index contributed by atoms with van der Waals surface area (Å²) >= 11 is 0. The predicted octanol–water partition coefficient (Wildman–Crippen LogP) is 4.37. The van der Waals surface area contributed by atoms with Gasteiger partial charge in [0, 0.05) is 23.4 Å². The summed E-state index contributed by atoms with van der Waals surface area (Å²) in [5.74, 6) is -0.369. The zero-order valence-corrected chi connectivity index (χ0v) is 17.7. The third-order valence-corrected chi connectivity index (χ3v) is 4.32. The van der Waals surface area contributed by atoms with Crippen LogP contribution in [0.1, 0.15) is 17.3 Å². The Morgan fingerprint density at radius 2 is 1.85 bits per heavy atom. The van der Waals surface area contributed by atoms with E-state index in [2.05, 4.69) is 30.1 Å². The van der Waals surface area contributed by atoms with Crippen molar-refractivity contribution in [1.82, 2.24) is 9.97 Å². The fourth-order valence-corrected chi connectivity index (χ4v) is 2.80. The first kappa shape index (κ1) is 23.8. The molecule has 0 aliphatic rings. The lowest BCUT2D eigenvalue weighted by molar-refractivity contribution is -0.274. The van der Waals surface area contributed by atoms with E-state index in [1.165, 1.54) is 25.3 Å². The van der Waals surface area contributed by atoms with E-state index in [0.29, 0.717) is 28.3 Å². The smallest absolute Gasteiger partial charge is 0.465 e. The van der Waals surface area contributed by atoms with Gasteiger partial charge in [0.2, 0.25) is 5.95 Å². The first-order valence-electron chi connectivity index (χ1n) is 9.75. The molecule has 0 unspecified atom stereocenters. The Morgan fingerprint density at radius 3 is 2.48 bits per heavy atom. The molecule has 33 heavy (non-hydrogen) atoms. The number of hydrogen-bond donors (Lipinski definition) is 3. The average Bonchev–Trinajstić information content (AvgIpc) is 2.78. The van der Waals surface area contributed by atoms with Crippen LogP contribution in [0, 0.1) is 0 Å². The van der Waals surface area contributed by atoms with Crippen LogP contribution in [0.15, 0.2) is 54.6 Å². The lowest BCUT2D eigenvalue weighted by Crippen LogP contribution is -2.21. The van der Waals surface area contributed by atoms with E-state index < -0.39 is 12.3 Å². The molecule has 0 amide bonds. The molecule has 0 aliphatic carbocycles. The minimum Gasteiger partial charge on any atom is -0.465 e. The highest BCUT2D eigenvalue weighted by Gasteiger charge is 2.31. The number of aliphatic hydroxyl groups excluding tert-OH is 1. The van der Waals surface area contributed by atoms with Gasteiger partial charge in [0.25, 0.3) is 0 Å². The number of nitrogens with zero attached hydrogens (tertiary/aromatic N) is 2. The van der Waals surface area contributed by atoms with Crippen molar-refractivity contribution in [3.05, 3.63) is 60.2 Å². The Labute approximate surface area is 187 Å². The number of aromatic nitrogens is 2. The molecule has 3 N–H and O–H groups in total. The van der Waals surface area contributed by atoms with Crippen LogP contribution in [0.2, 0.25) is 0 Å². The SMILES string of the molecule is COC(=O)c1ccc(Nc2cc(-c3cccc(OC(F)(F)F)c3)nc(N[C@H](C)CO)n2)cc1. The summed E-state index contributed by atoms with van der Waals surface area (Å²) in [5, 5.41) is 15.3. The third-order valence-electron chi connectivity index (χ3n) is 4.32. The Morgan fingerprint density at radius 1 is 1.12 bits per heavy atom. The molecule has 1 aromatic heterocycles. The molecule has 0 aliphatic heterocycles. The molecule has 2 aromatic carbocycles. The standard InChI is InChI=1S/C22H21F3N4O4/c1-13(12-30)26-21-28-18(15-4-3-5-17(10-15)33-22(23,24)25)11-19(29-21)27-16-8-6-14(7-9-16)20(31)32-2/h3-11,13,30H,12H2,1-2H3,(H2,26,27,28,29)/t13-/m1/s1. The predicted molar refractivity (Wildman–Crippen MR) is 115 cm³/mol. The Kier molecular flexibility index (Phi) is 7.34. The van der Waals surface area contributed by atoms with Gasteiger partial charge in [0.15, 0.2) is 0 Å². The quantitative estimate of drug-likeness (QED) is 0.424. The number of ether oxygens (including phenoxy) is 2. The van der Waals surface area contributed by atoms with E-state index in [1.54, 1.807) is 43.3 Å². The van der Waals surface area contributed by atoms with Crippen molar-refractivity contribution in [2.24, 2.45) is 0 Å². The van der Waals surface area contributed by atoms with Gasteiger partial charge in [0.05, 0.1) is 25.0 Å². The van der Waals surface area contributed by atoms with Crippen LogP contribution in [0.3, 0.4) is 0 Å². The Hall–Kier alpha value is -3.86. The number of benzene rings is 2. The van der Waals surface area contributed by atoms with Gasteiger partial charge in [-0.2, -0.15) is 4.98 Å².